The van der Waals surface area contributed by atoms with E-state index in [1.165, 1.54) is 0 Å². The highest BCUT2D eigenvalue weighted by Gasteiger charge is 2.24. The molecule has 2 N–H and O–H groups in total. The van der Waals surface area contributed by atoms with E-state index in [1.54, 1.807) is 7.11 Å². The Morgan fingerprint density at radius 2 is 1.85 bits per heavy atom. The predicted octanol–water partition coefficient (Wildman–Crippen LogP) is 2.81. The minimum Gasteiger partial charge on any atom is -0.383 e. The summed E-state index contributed by atoms with van der Waals surface area (Å²) in [6.07, 6.45) is 4.46. The van der Waals surface area contributed by atoms with E-state index < -0.39 is 0 Å². The molecule has 0 rings (SSSR count). The number of nitrogens with zero attached hydrogens (tertiary/aromatic N) is 1. The Kier molecular flexibility index (Phi) is 9.86. The van der Waals surface area contributed by atoms with Crippen LogP contribution in [0.4, 0.5) is 0 Å². The molecule has 0 spiro atoms. The average molecular weight is 286 g/mol. The van der Waals surface area contributed by atoms with Gasteiger partial charge in [-0.25, -0.2) is 0 Å². The van der Waals surface area contributed by atoms with Gasteiger partial charge in [0.15, 0.2) is 0 Å². The van der Waals surface area contributed by atoms with Crippen LogP contribution in [0.15, 0.2) is 0 Å². The fraction of sp³-hybridized carbons (Fsp3) is 0.938. The van der Waals surface area contributed by atoms with Gasteiger partial charge in [0.1, 0.15) is 0 Å². The van der Waals surface area contributed by atoms with Gasteiger partial charge in [-0.05, 0) is 37.6 Å². The molecule has 120 valence electrons. The van der Waals surface area contributed by atoms with Crippen molar-refractivity contribution in [3.05, 3.63) is 0 Å². The van der Waals surface area contributed by atoms with E-state index in [1.807, 2.05) is 4.90 Å². The van der Waals surface area contributed by atoms with Crippen LogP contribution in [0.2, 0.25) is 0 Å². The molecule has 0 unspecified atom stereocenters. The number of nitrogens with two attached hydrogens (primary N) is 1. The van der Waals surface area contributed by atoms with Crippen LogP contribution in [0, 0.1) is 5.41 Å². The normalized spacial score (nSPS) is 11.9. The van der Waals surface area contributed by atoms with Crippen LogP contribution in [0.25, 0.3) is 0 Å². The van der Waals surface area contributed by atoms with E-state index in [0.29, 0.717) is 32.2 Å². The van der Waals surface area contributed by atoms with Crippen molar-refractivity contribution in [3.8, 4) is 0 Å². The summed E-state index contributed by atoms with van der Waals surface area (Å²) in [5, 5.41) is 0. The summed E-state index contributed by atoms with van der Waals surface area (Å²) in [6.45, 7) is 10.6. The lowest BCUT2D eigenvalue weighted by molar-refractivity contribution is -0.135. The molecule has 0 aromatic rings. The van der Waals surface area contributed by atoms with Gasteiger partial charge in [-0.3, -0.25) is 4.79 Å². The molecule has 4 heteroatoms. The standard InChI is InChI=1S/C16H34N2O2/c1-6-14(7-2)18(12-13-20-5)15(19)8-9-16(3,4)10-11-17/h14H,6-13,17H2,1-5H3. The van der Waals surface area contributed by atoms with Crippen molar-refractivity contribution in [1.29, 1.82) is 0 Å². The van der Waals surface area contributed by atoms with Crippen LogP contribution in [-0.4, -0.2) is 43.7 Å². The number of methoxy groups -OCH3 is 1. The summed E-state index contributed by atoms with van der Waals surface area (Å²) in [5.41, 5.74) is 5.77. The number of carbonyl (C=O) groups excluding carboxylic acids is 1. The van der Waals surface area contributed by atoms with Crippen molar-refractivity contribution in [1.82, 2.24) is 4.90 Å². The van der Waals surface area contributed by atoms with Gasteiger partial charge in [0.2, 0.25) is 5.91 Å². The zero-order valence-electron chi connectivity index (χ0n) is 14.1. The molecule has 0 aliphatic heterocycles. The van der Waals surface area contributed by atoms with Gasteiger partial charge in [-0.2, -0.15) is 0 Å². The molecule has 0 atom stereocenters. The van der Waals surface area contributed by atoms with E-state index in [9.17, 15) is 4.79 Å². The SMILES string of the molecule is CCC(CC)N(CCOC)C(=O)CCC(C)(C)CCN. The molecular weight excluding hydrogens is 252 g/mol. The van der Waals surface area contributed by atoms with Gasteiger partial charge < -0.3 is 15.4 Å². The van der Waals surface area contributed by atoms with Crippen LogP contribution in [0.3, 0.4) is 0 Å². The minimum atomic E-state index is 0.144. The molecule has 0 aromatic heterocycles. The zero-order valence-corrected chi connectivity index (χ0v) is 14.1. The zero-order chi connectivity index (χ0) is 15.6. The average Bonchev–Trinajstić information content (AvgIpc) is 2.41. The number of amides is 1. The number of carbonyl (C=O) groups is 1. The first kappa shape index (κ1) is 19.4. The maximum absolute atomic E-state index is 12.5. The van der Waals surface area contributed by atoms with E-state index in [0.717, 1.165) is 25.7 Å². The lowest BCUT2D eigenvalue weighted by atomic mass is 9.84. The molecule has 20 heavy (non-hydrogen) atoms. The number of hydrogen-bond acceptors (Lipinski definition) is 3. The number of rotatable bonds is 11. The molecule has 0 saturated carbocycles. The highest BCUT2D eigenvalue weighted by molar-refractivity contribution is 5.76. The predicted molar refractivity (Wildman–Crippen MR) is 84.6 cm³/mol. The number of hydrogen-bond donors (Lipinski definition) is 1. The maximum atomic E-state index is 12.5. The largest absolute Gasteiger partial charge is 0.383 e. The second-order valence-corrected chi connectivity index (χ2v) is 6.25. The van der Waals surface area contributed by atoms with Crippen molar-refractivity contribution < 1.29 is 9.53 Å². The van der Waals surface area contributed by atoms with E-state index >= 15 is 0 Å². The van der Waals surface area contributed by atoms with Gasteiger partial charge >= 0.3 is 0 Å². The monoisotopic (exact) mass is 286 g/mol. The quantitative estimate of drug-likeness (QED) is 0.635. The van der Waals surface area contributed by atoms with Crippen LogP contribution in [0.1, 0.15) is 59.8 Å². The first-order valence-electron chi connectivity index (χ1n) is 7.90. The molecule has 1 amide bonds. The van der Waals surface area contributed by atoms with Gasteiger partial charge in [-0.15, -0.1) is 0 Å². The summed E-state index contributed by atoms with van der Waals surface area (Å²) in [7, 11) is 1.68. The molecule has 0 radical (unpaired) electrons. The highest BCUT2D eigenvalue weighted by atomic mass is 16.5. The summed E-state index contributed by atoms with van der Waals surface area (Å²) < 4.78 is 5.14. The molecule has 0 heterocycles. The van der Waals surface area contributed by atoms with Gasteiger partial charge in [0.25, 0.3) is 0 Å². The Morgan fingerprint density at radius 1 is 1.25 bits per heavy atom. The van der Waals surface area contributed by atoms with E-state index in [-0.39, 0.29) is 11.3 Å². The smallest absolute Gasteiger partial charge is 0.222 e. The van der Waals surface area contributed by atoms with Gasteiger partial charge in [-0.1, -0.05) is 27.7 Å². The van der Waals surface area contributed by atoms with Crippen molar-refractivity contribution in [2.24, 2.45) is 11.1 Å². The third-order valence-corrected chi connectivity index (χ3v) is 4.08. The molecule has 0 aliphatic carbocycles. The third kappa shape index (κ3) is 7.25. The third-order valence-electron chi connectivity index (χ3n) is 4.08. The molecule has 0 saturated heterocycles. The Bertz CT molecular complexity index is 263. The fourth-order valence-electron chi connectivity index (χ4n) is 2.53. The Morgan fingerprint density at radius 3 is 2.30 bits per heavy atom. The second kappa shape index (κ2) is 10.2. The van der Waals surface area contributed by atoms with Gasteiger partial charge in [0.05, 0.1) is 6.61 Å². The summed E-state index contributed by atoms with van der Waals surface area (Å²) in [6, 6.07) is 0.329. The van der Waals surface area contributed by atoms with Crippen LogP contribution >= 0.6 is 0 Å². The molecule has 0 aromatic carbocycles. The first-order chi connectivity index (χ1) is 9.41. The van der Waals surface area contributed by atoms with Crippen molar-refractivity contribution in [2.45, 2.75) is 65.8 Å². The first-order valence-corrected chi connectivity index (χ1v) is 7.90. The summed E-state index contributed by atoms with van der Waals surface area (Å²) in [5.74, 6) is 0.251. The second-order valence-electron chi connectivity index (χ2n) is 6.25. The Labute approximate surface area is 125 Å². The lowest BCUT2D eigenvalue weighted by Crippen LogP contribution is -2.42. The van der Waals surface area contributed by atoms with Crippen molar-refractivity contribution >= 4 is 5.91 Å². The molecular formula is C16H34N2O2. The topological polar surface area (TPSA) is 55.6 Å². The van der Waals surface area contributed by atoms with Crippen LogP contribution in [-0.2, 0) is 9.53 Å². The fourth-order valence-corrected chi connectivity index (χ4v) is 2.53. The highest BCUT2D eigenvalue weighted by Crippen LogP contribution is 2.26. The van der Waals surface area contributed by atoms with Crippen molar-refractivity contribution in [2.75, 3.05) is 26.8 Å². The molecule has 0 fully saturated rings. The minimum absolute atomic E-state index is 0.144. The lowest BCUT2D eigenvalue weighted by Gasteiger charge is -2.32. The summed E-state index contributed by atoms with van der Waals surface area (Å²) in [4.78, 5) is 14.5. The van der Waals surface area contributed by atoms with Crippen molar-refractivity contribution in [3.63, 3.8) is 0 Å². The van der Waals surface area contributed by atoms with Crippen LogP contribution < -0.4 is 5.73 Å². The Balaban J connectivity index is 4.54. The molecule has 4 nitrogen and oxygen atoms in total. The number of ether oxygens (including phenoxy) is 1. The van der Waals surface area contributed by atoms with Gasteiger partial charge in [0, 0.05) is 26.1 Å². The van der Waals surface area contributed by atoms with E-state index in [4.69, 9.17) is 10.5 Å². The Hall–Kier alpha value is -0.610. The summed E-state index contributed by atoms with van der Waals surface area (Å²) >= 11 is 0. The molecule has 0 bridgehead atoms. The molecule has 0 aliphatic rings. The maximum Gasteiger partial charge on any atom is 0.222 e. The van der Waals surface area contributed by atoms with E-state index in [2.05, 4.69) is 27.7 Å². The van der Waals surface area contributed by atoms with Crippen LogP contribution in [0.5, 0.6) is 0 Å².